The molecule has 0 saturated heterocycles. The van der Waals surface area contributed by atoms with Crippen molar-refractivity contribution in [3.63, 3.8) is 0 Å². The van der Waals surface area contributed by atoms with Gasteiger partial charge in [-0.25, -0.2) is 0 Å². The van der Waals surface area contributed by atoms with Crippen LogP contribution >= 0.6 is 69.6 Å². The summed E-state index contributed by atoms with van der Waals surface area (Å²) in [7, 11) is 0. The van der Waals surface area contributed by atoms with E-state index in [4.69, 9.17) is 102 Å². The van der Waals surface area contributed by atoms with Crippen LogP contribution in [0.5, 0.6) is 0 Å². The molecule has 0 aromatic heterocycles. The minimum atomic E-state index is -0.407. The number of hydrogen-bond acceptors (Lipinski definition) is 4. The van der Waals surface area contributed by atoms with Gasteiger partial charge in [-0.05, 0) is 22.3 Å². The molecule has 412 valence electrons. The zero-order chi connectivity index (χ0) is 53.7. The molecule has 20 heteroatoms. The molecule has 0 bridgehead atoms. The Hall–Kier alpha value is -2.98. The van der Waals surface area contributed by atoms with Crippen LogP contribution in [0.1, 0.15) is 105 Å². The van der Waals surface area contributed by atoms with E-state index >= 15 is 0 Å². The zero-order valence-electron chi connectivity index (χ0n) is 44.0. The number of halogens is 8. The average Bonchev–Trinajstić information content (AvgIpc) is 3.84. The number of nitrogens with zero attached hydrogens (tertiary/aromatic N) is 6. The van der Waals surface area contributed by atoms with Gasteiger partial charge >= 0.3 is 42.1 Å². The normalized spacial score (nSPS) is 15.0. The molecule has 0 unspecified atom stereocenters. The van der Waals surface area contributed by atoms with Crippen molar-refractivity contribution < 1.29 is 66.9 Å². The van der Waals surface area contributed by atoms with Gasteiger partial charge in [0.25, 0.3) is 0 Å². The molecule has 0 spiro atoms. The predicted octanol–water partition coefficient (Wildman–Crippen LogP) is 11.9. The quantitative estimate of drug-likeness (QED) is 0.0866. The van der Waals surface area contributed by atoms with Gasteiger partial charge in [0.15, 0.2) is 0 Å². The molecule has 6 rings (SSSR count). The van der Waals surface area contributed by atoms with Crippen LogP contribution in [0.2, 0.25) is 0 Å². The largest absolute Gasteiger partial charge is 2.00 e. The van der Waals surface area contributed by atoms with Crippen molar-refractivity contribution in [3.8, 4) is 0 Å². The van der Waals surface area contributed by atoms with Crippen molar-refractivity contribution in [3.05, 3.63) is 154 Å². The second-order valence-corrected chi connectivity index (χ2v) is 22.1. The molecule has 0 amide bonds. The Balaban J connectivity index is -0.00000114. The Morgan fingerprint density at radius 3 is 0.587 bits per heavy atom. The topological polar surface area (TPSA) is 173 Å². The fourth-order valence-corrected chi connectivity index (χ4v) is 5.80. The van der Waals surface area contributed by atoms with E-state index in [0.29, 0.717) is 23.3 Å². The molecule has 2 heterocycles. The molecule has 2 aliphatic rings. The SMILES string of the molecule is CC(C)(C)C(=N)N=C1[N-]C(=NC(=N)C(C)(C)C)C(c2ccccc2)=C1c1ccccc1.CC(C)(C)C(=N)N=C1[N-]C(=NC(=N)C(C)(C)C)C(c2ccccc2)=C1c1ccccc1.ClCCl.ClCCl.ClCCl.[Cl-].[Cl-].[Pt+2].[Pt+2]. The van der Waals surface area contributed by atoms with E-state index in [0.717, 1.165) is 44.5 Å². The summed E-state index contributed by atoms with van der Waals surface area (Å²) in [6.45, 7) is 23.5. The first kappa shape index (κ1) is 76.3. The van der Waals surface area contributed by atoms with Crippen LogP contribution in [0.3, 0.4) is 0 Å². The number of nitrogens with one attached hydrogen (secondary N) is 4. The van der Waals surface area contributed by atoms with Gasteiger partial charge in [-0.1, -0.05) is 204 Å². The Bertz CT molecular complexity index is 2260. The van der Waals surface area contributed by atoms with Gasteiger partial charge in [-0.3, -0.25) is 0 Å². The minimum Gasteiger partial charge on any atom is -1.00 e. The molecule has 0 atom stereocenters. The zero-order valence-corrected chi connectivity index (χ0v) is 54.6. The van der Waals surface area contributed by atoms with Gasteiger partial charge in [0.2, 0.25) is 0 Å². The van der Waals surface area contributed by atoms with Crippen molar-refractivity contribution in [2.75, 3.05) is 16.0 Å². The number of aliphatic imine (C=N–C) groups is 4. The van der Waals surface area contributed by atoms with Gasteiger partial charge in [0.05, 0.1) is 39.4 Å². The maximum absolute atomic E-state index is 8.48. The van der Waals surface area contributed by atoms with Crippen molar-refractivity contribution in [2.24, 2.45) is 41.6 Å². The molecular weight excluding hydrogens is 1470 g/mol. The first-order chi connectivity index (χ1) is 33.2. The van der Waals surface area contributed by atoms with E-state index in [1.165, 1.54) is 0 Å². The molecule has 4 N–H and O–H groups in total. The van der Waals surface area contributed by atoms with Crippen LogP contribution in [-0.4, -0.2) is 62.7 Å². The monoisotopic (exact) mass is 1540 g/mol. The summed E-state index contributed by atoms with van der Waals surface area (Å²) in [6, 6.07) is 39.8. The summed E-state index contributed by atoms with van der Waals surface area (Å²) >= 11 is 28.6. The maximum Gasteiger partial charge on any atom is 2.00 e. The molecule has 0 saturated carbocycles. The fraction of sp³-hybridized carbons (Fsp3) is 0.345. The Morgan fingerprint density at radius 2 is 0.467 bits per heavy atom. The third-order valence-electron chi connectivity index (χ3n) is 9.78. The van der Waals surface area contributed by atoms with Crippen LogP contribution in [0, 0.1) is 43.3 Å². The van der Waals surface area contributed by atoms with Crippen LogP contribution in [0.15, 0.2) is 141 Å². The molecule has 0 radical (unpaired) electrons. The molecule has 0 aliphatic carbocycles. The molecule has 0 fully saturated rings. The third kappa shape index (κ3) is 24.7. The van der Waals surface area contributed by atoms with Crippen LogP contribution in [0.25, 0.3) is 32.9 Å². The molecule has 10 nitrogen and oxygen atoms in total. The second-order valence-electron chi connectivity index (χ2n) is 19.6. The third-order valence-corrected chi connectivity index (χ3v) is 9.78. The van der Waals surface area contributed by atoms with E-state index in [2.05, 4.69) is 20.0 Å². The summed E-state index contributed by atoms with van der Waals surface area (Å²) in [4.78, 5) is 18.5. The minimum absolute atomic E-state index is 0. The average molecular weight is 1540 g/mol. The first-order valence-electron chi connectivity index (χ1n) is 22.4. The van der Waals surface area contributed by atoms with Gasteiger partial charge in [0.1, 0.15) is 0 Å². The molecule has 4 aromatic rings. The van der Waals surface area contributed by atoms with Crippen LogP contribution in [0.4, 0.5) is 0 Å². The van der Waals surface area contributed by atoms with E-state index in [1.807, 2.05) is 204 Å². The van der Waals surface area contributed by atoms with E-state index in [1.54, 1.807) is 0 Å². The number of alkyl halides is 6. The van der Waals surface area contributed by atoms with Gasteiger partial charge in [0, 0.05) is 67.3 Å². The number of rotatable bonds is 4. The van der Waals surface area contributed by atoms with E-state index in [9.17, 15) is 0 Å². The summed E-state index contributed by atoms with van der Waals surface area (Å²) in [6.07, 6.45) is 0. The summed E-state index contributed by atoms with van der Waals surface area (Å²) in [5.41, 5.74) is 5.53. The second kappa shape index (κ2) is 36.2. The predicted molar refractivity (Wildman–Crippen MR) is 314 cm³/mol. The molecule has 75 heavy (non-hydrogen) atoms. The first-order valence-corrected chi connectivity index (χ1v) is 25.6. The standard InChI is InChI=1S/2C26H30N5.3CH2Cl2.2ClH.2Pt/c2*1-25(2,3)23(27)30-21-19(17-13-9-7-10-14-17)20(18-15-11-8-12-16-18)22(29-21)31-24(28)26(4,5)6;3*2-1-3;;;;/h2*7-16H,1-6H3,(H2-,27,28,29,30,31);3*1H2;2*1H;;/q2*-1;;;;;;2*+2/p-2. The Kier molecular flexibility index (Phi) is 36.8. The summed E-state index contributed by atoms with van der Waals surface area (Å²) in [5.74, 6) is 2.85. The van der Waals surface area contributed by atoms with Crippen molar-refractivity contribution in [2.45, 2.75) is 83.1 Å². The maximum atomic E-state index is 8.48. The summed E-state index contributed by atoms with van der Waals surface area (Å²) in [5, 5.41) is 44.0. The summed E-state index contributed by atoms with van der Waals surface area (Å²) < 4.78 is 0. The number of hydrogen-bond donors (Lipinski definition) is 4. The molecular formula is C55H66Cl8N10Pt2. The molecule has 4 aromatic carbocycles. The fourth-order valence-electron chi connectivity index (χ4n) is 5.80. The molecule has 2 aliphatic heterocycles. The van der Waals surface area contributed by atoms with Crippen molar-refractivity contribution in [1.82, 2.24) is 0 Å². The van der Waals surface area contributed by atoms with Crippen LogP contribution in [-0.2, 0) is 42.1 Å². The van der Waals surface area contributed by atoms with Crippen LogP contribution < -0.4 is 24.8 Å². The number of amidine groups is 8. The van der Waals surface area contributed by atoms with Crippen molar-refractivity contribution >= 4 is 139 Å². The Morgan fingerprint density at radius 1 is 0.333 bits per heavy atom. The van der Waals surface area contributed by atoms with Gasteiger partial charge in [-0.15, -0.1) is 69.6 Å². The smallest absolute Gasteiger partial charge is 1.00 e. The van der Waals surface area contributed by atoms with Crippen molar-refractivity contribution in [1.29, 1.82) is 21.6 Å². The Labute approximate surface area is 517 Å². The van der Waals surface area contributed by atoms with Gasteiger partial charge < -0.3 is 77.1 Å². The van der Waals surface area contributed by atoms with E-state index in [-0.39, 0.29) is 106 Å². The van der Waals surface area contributed by atoms with E-state index < -0.39 is 21.7 Å². The van der Waals surface area contributed by atoms with Gasteiger partial charge in [-0.2, -0.15) is 0 Å². The number of benzene rings is 4.